The Morgan fingerprint density at radius 3 is 2.52 bits per heavy atom. The molecule has 3 aliphatic heterocycles. The SMILES string of the molecule is FC(F)(F)c1ccc2[nH]cc(C3=CN4CCC3CC4)c2c1. The zero-order valence-corrected chi connectivity index (χ0v) is 11.4. The lowest BCUT2D eigenvalue weighted by molar-refractivity contribution is -0.137. The van der Waals surface area contributed by atoms with Gasteiger partial charge in [0.15, 0.2) is 0 Å². The molecule has 1 N–H and O–H groups in total. The minimum absolute atomic E-state index is 0.476. The fourth-order valence-corrected chi connectivity index (χ4v) is 3.47. The van der Waals surface area contributed by atoms with E-state index < -0.39 is 11.7 Å². The Labute approximate surface area is 120 Å². The number of alkyl halides is 3. The topological polar surface area (TPSA) is 19.0 Å². The van der Waals surface area contributed by atoms with Crippen molar-refractivity contribution in [3.63, 3.8) is 0 Å². The molecule has 5 heteroatoms. The Hall–Kier alpha value is -1.91. The monoisotopic (exact) mass is 292 g/mol. The van der Waals surface area contributed by atoms with Gasteiger partial charge in [0, 0.05) is 42.0 Å². The third kappa shape index (κ3) is 2.03. The Balaban J connectivity index is 1.86. The van der Waals surface area contributed by atoms with Gasteiger partial charge in [0.1, 0.15) is 0 Å². The van der Waals surface area contributed by atoms with Crippen LogP contribution in [-0.4, -0.2) is 23.0 Å². The molecule has 4 heterocycles. The summed E-state index contributed by atoms with van der Waals surface area (Å²) in [5.74, 6) is 0.476. The van der Waals surface area contributed by atoms with Crippen LogP contribution in [0.1, 0.15) is 24.0 Å². The molecule has 0 spiro atoms. The molecule has 0 radical (unpaired) electrons. The van der Waals surface area contributed by atoms with Gasteiger partial charge in [0.2, 0.25) is 0 Å². The maximum Gasteiger partial charge on any atom is 0.416 e. The highest BCUT2D eigenvalue weighted by atomic mass is 19.4. The van der Waals surface area contributed by atoms with E-state index in [-0.39, 0.29) is 0 Å². The van der Waals surface area contributed by atoms with Crippen LogP contribution in [0.25, 0.3) is 16.5 Å². The first-order valence-electron chi connectivity index (χ1n) is 7.17. The van der Waals surface area contributed by atoms with Crippen molar-refractivity contribution in [1.29, 1.82) is 0 Å². The highest BCUT2D eigenvalue weighted by Gasteiger charge is 2.32. The molecule has 2 bridgehead atoms. The molecule has 2 nitrogen and oxygen atoms in total. The number of H-pyrrole nitrogens is 1. The first kappa shape index (κ1) is 12.8. The zero-order valence-electron chi connectivity index (χ0n) is 11.4. The molecule has 5 rings (SSSR count). The second kappa shape index (κ2) is 4.29. The minimum atomic E-state index is -4.30. The van der Waals surface area contributed by atoms with Crippen molar-refractivity contribution >= 4 is 16.5 Å². The summed E-state index contributed by atoms with van der Waals surface area (Å²) in [4.78, 5) is 5.36. The first-order valence-corrected chi connectivity index (χ1v) is 7.17. The molecule has 0 unspecified atom stereocenters. The van der Waals surface area contributed by atoms with Crippen molar-refractivity contribution in [3.05, 3.63) is 41.7 Å². The van der Waals surface area contributed by atoms with E-state index in [2.05, 4.69) is 16.1 Å². The van der Waals surface area contributed by atoms with Crippen LogP contribution in [0.15, 0.2) is 30.6 Å². The number of nitrogens with zero attached hydrogens (tertiary/aromatic N) is 1. The molecular formula is C16H15F3N2. The van der Waals surface area contributed by atoms with Crippen LogP contribution < -0.4 is 0 Å². The Kier molecular flexibility index (Phi) is 2.62. The molecule has 2 aromatic rings. The molecule has 3 aliphatic rings. The van der Waals surface area contributed by atoms with Crippen molar-refractivity contribution in [2.45, 2.75) is 19.0 Å². The van der Waals surface area contributed by atoms with Crippen LogP contribution in [0.5, 0.6) is 0 Å². The van der Waals surface area contributed by atoms with Crippen LogP contribution in [0.2, 0.25) is 0 Å². The Morgan fingerprint density at radius 1 is 1.14 bits per heavy atom. The van der Waals surface area contributed by atoms with Crippen LogP contribution in [0, 0.1) is 5.92 Å². The molecular weight excluding hydrogens is 277 g/mol. The number of benzene rings is 1. The van der Waals surface area contributed by atoms with Gasteiger partial charge in [0.05, 0.1) is 5.56 Å². The standard InChI is InChI=1S/C16H15F3N2/c17-16(18,19)11-1-2-15-12(7-11)13(8-20-15)14-9-21-5-3-10(14)4-6-21/h1-2,7-10,20H,3-6H2. The van der Waals surface area contributed by atoms with E-state index in [4.69, 9.17) is 0 Å². The maximum absolute atomic E-state index is 12.9. The highest BCUT2D eigenvalue weighted by Crippen LogP contribution is 2.41. The van der Waals surface area contributed by atoms with Crippen molar-refractivity contribution < 1.29 is 13.2 Å². The third-order valence-electron chi connectivity index (χ3n) is 4.61. The van der Waals surface area contributed by atoms with Crippen LogP contribution in [0.4, 0.5) is 13.2 Å². The first-order chi connectivity index (χ1) is 10.0. The summed E-state index contributed by atoms with van der Waals surface area (Å²) < 4.78 is 38.7. The van der Waals surface area contributed by atoms with E-state index in [1.54, 1.807) is 0 Å². The third-order valence-corrected chi connectivity index (χ3v) is 4.61. The molecule has 110 valence electrons. The van der Waals surface area contributed by atoms with Crippen LogP contribution >= 0.6 is 0 Å². The van der Waals surface area contributed by atoms with E-state index in [1.165, 1.54) is 17.7 Å². The van der Waals surface area contributed by atoms with Crippen molar-refractivity contribution in [2.24, 2.45) is 5.92 Å². The number of piperidine rings is 1. The van der Waals surface area contributed by atoms with Crippen molar-refractivity contribution in [2.75, 3.05) is 13.1 Å². The average Bonchev–Trinajstić information content (AvgIpc) is 2.90. The average molecular weight is 292 g/mol. The Morgan fingerprint density at radius 2 is 1.90 bits per heavy atom. The minimum Gasteiger partial charge on any atom is -0.377 e. The summed E-state index contributed by atoms with van der Waals surface area (Å²) in [5.41, 5.74) is 2.27. The predicted molar refractivity (Wildman–Crippen MR) is 75.6 cm³/mol. The van der Waals surface area contributed by atoms with Crippen LogP contribution in [0.3, 0.4) is 0 Å². The fraction of sp³-hybridized carbons (Fsp3) is 0.375. The number of aromatic nitrogens is 1. The molecule has 1 aromatic carbocycles. The quantitative estimate of drug-likeness (QED) is 0.832. The van der Waals surface area contributed by atoms with Crippen LogP contribution in [-0.2, 0) is 6.18 Å². The summed E-state index contributed by atoms with van der Waals surface area (Å²) in [6.45, 7) is 2.12. The van der Waals surface area contributed by atoms with E-state index in [0.29, 0.717) is 11.3 Å². The molecule has 1 fully saturated rings. The Bertz CT molecular complexity index is 719. The second-order valence-corrected chi connectivity index (χ2v) is 5.86. The number of nitrogens with one attached hydrogen (secondary N) is 1. The zero-order chi connectivity index (χ0) is 14.6. The fourth-order valence-electron chi connectivity index (χ4n) is 3.47. The van der Waals surface area contributed by atoms with Crippen molar-refractivity contribution in [1.82, 2.24) is 9.88 Å². The van der Waals surface area contributed by atoms with Gasteiger partial charge in [-0.2, -0.15) is 13.2 Å². The number of halogens is 3. The predicted octanol–water partition coefficient (Wildman–Crippen LogP) is 4.25. The number of hydrogen-bond acceptors (Lipinski definition) is 1. The second-order valence-electron chi connectivity index (χ2n) is 5.86. The van der Waals surface area contributed by atoms with E-state index in [0.717, 1.165) is 43.1 Å². The summed E-state index contributed by atoms with van der Waals surface area (Å²) in [5, 5.41) is 0.671. The number of rotatable bonds is 1. The van der Waals surface area contributed by atoms with Gasteiger partial charge in [-0.1, -0.05) is 0 Å². The molecule has 1 saturated heterocycles. The summed E-state index contributed by atoms with van der Waals surface area (Å²) in [6.07, 6.45) is 1.86. The maximum atomic E-state index is 12.9. The van der Waals surface area contributed by atoms with Gasteiger partial charge < -0.3 is 9.88 Å². The van der Waals surface area contributed by atoms with E-state index in [1.807, 2.05) is 6.20 Å². The number of allylic oxidation sites excluding steroid dienone is 1. The molecule has 0 aliphatic carbocycles. The van der Waals surface area contributed by atoms with Gasteiger partial charge in [0.25, 0.3) is 0 Å². The lowest BCUT2D eigenvalue weighted by Crippen LogP contribution is -2.35. The molecule has 0 amide bonds. The largest absolute Gasteiger partial charge is 0.416 e. The van der Waals surface area contributed by atoms with Gasteiger partial charge >= 0.3 is 6.18 Å². The molecule has 0 saturated carbocycles. The highest BCUT2D eigenvalue weighted by molar-refractivity contribution is 5.93. The summed E-state index contributed by atoms with van der Waals surface area (Å²) in [6, 6.07) is 3.91. The number of fused-ring (bicyclic) bond motifs is 3. The molecule has 1 aromatic heterocycles. The number of aromatic amines is 1. The van der Waals surface area contributed by atoms with Gasteiger partial charge in [-0.3, -0.25) is 0 Å². The van der Waals surface area contributed by atoms with Gasteiger partial charge in [-0.25, -0.2) is 0 Å². The van der Waals surface area contributed by atoms with Gasteiger partial charge in [-0.15, -0.1) is 0 Å². The summed E-state index contributed by atoms with van der Waals surface area (Å²) >= 11 is 0. The normalized spacial score (nSPS) is 19.4. The van der Waals surface area contributed by atoms with E-state index in [9.17, 15) is 13.2 Å². The summed E-state index contributed by atoms with van der Waals surface area (Å²) in [7, 11) is 0. The molecule has 21 heavy (non-hydrogen) atoms. The van der Waals surface area contributed by atoms with E-state index >= 15 is 0 Å². The van der Waals surface area contributed by atoms with Gasteiger partial charge in [-0.05, 0) is 42.5 Å². The lowest BCUT2D eigenvalue weighted by Gasteiger charge is -2.39. The molecule has 0 atom stereocenters. The smallest absolute Gasteiger partial charge is 0.377 e. The lowest BCUT2D eigenvalue weighted by atomic mass is 9.82. The van der Waals surface area contributed by atoms with Crippen molar-refractivity contribution in [3.8, 4) is 0 Å². The number of hydrogen-bond donors (Lipinski definition) is 1.